The van der Waals surface area contributed by atoms with Gasteiger partial charge >= 0.3 is 5.97 Å². The normalized spacial score (nSPS) is 21.1. The Labute approximate surface area is 79.0 Å². The van der Waals surface area contributed by atoms with Crippen LogP contribution >= 0.6 is 0 Å². The number of esters is 1. The molecule has 1 fully saturated rings. The van der Waals surface area contributed by atoms with E-state index < -0.39 is 0 Å². The summed E-state index contributed by atoms with van der Waals surface area (Å²) in [7, 11) is 1.39. The third-order valence-corrected chi connectivity index (χ3v) is 2.46. The highest BCUT2D eigenvalue weighted by Crippen LogP contribution is 2.11. The van der Waals surface area contributed by atoms with Crippen LogP contribution in [0.1, 0.15) is 25.7 Å². The van der Waals surface area contributed by atoms with E-state index in [2.05, 4.69) is 9.64 Å². The maximum absolute atomic E-state index is 10.9. The van der Waals surface area contributed by atoms with Crippen molar-refractivity contribution in [1.29, 1.82) is 0 Å². The number of likely N-dealkylation sites (tertiary alicyclic amines) is 1. The molecular weight excluding hydrogens is 168 g/mol. The van der Waals surface area contributed by atoms with E-state index in [-0.39, 0.29) is 12.1 Å². The Morgan fingerprint density at radius 2 is 2.08 bits per heavy atom. The van der Waals surface area contributed by atoms with Crippen molar-refractivity contribution in [3.05, 3.63) is 0 Å². The van der Waals surface area contributed by atoms with Crippen LogP contribution in [-0.4, -0.2) is 37.2 Å². The Hall–Kier alpha value is -0.610. The van der Waals surface area contributed by atoms with E-state index in [1.54, 1.807) is 0 Å². The first-order valence-electron chi connectivity index (χ1n) is 4.80. The van der Waals surface area contributed by atoms with E-state index in [0.717, 1.165) is 13.1 Å². The molecule has 0 aromatic rings. The van der Waals surface area contributed by atoms with Crippen LogP contribution in [0.5, 0.6) is 0 Å². The summed E-state index contributed by atoms with van der Waals surface area (Å²) in [6, 6.07) is 0. The minimum atomic E-state index is -0.224. The van der Waals surface area contributed by atoms with Crippen molar-refractivity contribution >= 4 is 5.97 Å². The molecule has 0 saturated carbocycles. The quantitative estimate of drug-likeness (QED) is 0.645. The van der Waals surface area contributed by atoms with E-state index in [4.69, 9.17) is 5.73 Å². The number of methoxy groups -OCH3 is 1. The summed E-state index contributed by atoms with van der Waals surface area (Å²) in [6.45, 7) is 2.02. The van der Waals surface area contributed by atoms with Crippen LogP contribution < -0.4 is 5.73 Å². The predicted octanol–water partition coefficient (Wildman–Crippen LogP) is 0.320. The molecule has 0 radical (unpaired) electrons. The van der Waals surface area contributed by atoms with Crippen molar-refractivity contribution in [2.75, 3.05) is 20.2 Å². The molecule has 0 spiro atoms. The summed E-state index contributed by atoms with van der Waals surface area (Å²) in [5.41, 5.74) is 5.85. The number of hydrogen-bond acceptors (Lipinski definition) is 4. The van der Waals surface area contributed by atoms with E-state index in [9.17, 15) is 4.79 Å². The Morgan fingerprint density at radius 3 is 2.62 bits per heavy atom. The lowest BCUT2D eigenvalue weighted by Gasteiger charge is -2.31. The van der Waals surface area contributed by atoms with Crippen molar-refractivity contribution in [2.24, 2.45) is 5.73 Å². The maximum Gasteiger partial charge on any atom is 0.308 e. The van der Waals surface area contributed by atoms with Gasteiger partial charge in [0.1, 0.15) is 0 Å². The standard InChI is InChI=1S/C9H18N2O2/c1-13-9(12)7-8(10)11-5-3-2-4-6-11/h8H,2-7,10H2,1H3/t8-/m1/s1. The number of nitrogens with two attached hydrogens (primary N) is 1. The molecule has 1 aliphatic rings. The Bertz CT molecular complexity index is 167. The maximum atomic E-state index is 10.9. The molecule has 0 unspecified atom stereocenters. The predicted molar refractivity (Wildman–Crippen MR) is 50.0 cm³/mol. The number of carbonyl (C=O) groups is 1. The lowest BCUT2D eigenvalue weighted by molar-refractivity contribution is -0.142. The molecule has 1 saturated heterocycles. The average molecular weight is 186 g/mol. The van der Waals surface area contributed by atoms with Crippen molar-refractivity contribution in [2.45, 2.75) is 31.8 Å². The van der Waals surface area contributed by atoms with Gasteiger partial charge in [-0.1, -0.05) is 6.42 Å². The fourth-order valence-electron chi connectivity index (χ4n) is 1.63. The number of ether oxygens (including phenoxy) is 1. The molecule has 0 bridgehead atoms. The summed E-state index contributed by atoms with van der Waals surface area (Å²) in [4.78, 5) is 13.1. The minimum absolute atomic E-state index is 0.159. The molecule has 0 aromatic heterocycles. The molecule has 0 aliphatic carbocycles. The zero-order chi connectivity index (χ0) is 9.68. The van der Waals surface area contributed by atoms with Gasteiger partial charge < -0.3 is 10.5 Å². The van der Waals surface area contributed by atoms with Gasteiger partial charge in [0, 0.05) is 0 Å². The molecule has 76 valence electrons. The van der Waals surface area contributed by atoms with E-state index in [1.807, 2.05) is 0 Å². The second-order valence-corrected chi connectivity index (χ2v) is 3.44. The summed E-state index contributed by atoms with van der Waals surface area (Å²) in [6.07, 6.45) is 3.80. The molecule has 0 amide bonds. The third kappa shape index (κ3) is 3.32. The molecule has 4 heteroatoms. The van der Waals surface area contributed by atoms with Crippen molar-refractivity contribution in [1.82, 2.24) is 4.90 Å². The molecule has 1 heterocycles. The van der Waals surface area contributed by atoms with Crippen molar-refractivity contribution in [3.8, 4) is 0 Å². The summed E-state index contributed by atoms with van der Waals surface area (Å²) in [5, 5.41) is 0. The van der Waals surface area contributed by atoms with E-state index in [0.29, 0.717) is 6.42 Å². The molecule has 2 N–H and O–H groups in total. The molecule has 13 heavy (non-hydrogen) atoms. The van der Waals surface area contributed by atoms with Crippen molar-refractivity contribution < 1.29 is 9.53 Å². The fourth-order valence-corrected chi connectivity index (χ4v) is 1.63. The second-order valence-electron chi connectivity index (χ2n) is 3.44. The average Bonchev–Trinajstić information content (AvgIpc) is 2.19. The van der Waals surface area contributed by atoms with Gasteiger partial charge in [-0.3, -0.25) is 9.69 Å². The summed E-state index contributed by atoms with van der Waals surface area (Å²) in [5.74, 6) is -0.224. The van der Waals surface area contributed by atoms with Gasteiger partial charge in [0.2, 0.25) is 0 Å². The lowest BCUT2D eigenvalue weighted by atomic mass is 10.1. The van der Waals surface area contributed by atoms with Crippen LogP contribution in [0.3, 0.4) is 0 Å². The third-order valence-electron chi connectivity index (χ3n) is 2.46. The summed E-state index contributed by atoms with van der Waals surface area (Å²) >= 11 is 0. The van der Waals surface area contributed by atoms with Gasteiger partial charge in [-0.2, -0.15) is 0 Å². The number of hydrogen-bond donors (Lipinski definition) is 1. The molecule has 0 aromatic carbocycles. The zero-order valence-corrected chi connectivity index (χ0v) is 8.16. The minimum Gasteiger partial charge on any atom is -0.469 e. The van der Waals surface area contributed by atoms with Crippen LogP contribution in [0.25, 0.3) is 0 Å². The van der Waals surface area contributed by atoms with Gasteiger partial charge in [-0.05, 0) is 25.9 Å². The number of rotatable bonds is 3. The van der Waals surface area contributed by atoms with Crippen LogP contribution in [0.4, 0.5) is 0 Å². The van der Waals surface area contributed by atoms with Gasteiger partial charge in [-0.15, -0.1) is 0 Å². The number of nitrogens with zero attached hydrogens (tertiary/aromatic N) is 1. The smallest absolute Gasteiger partial charge is 0.308 e. The van der Waals surface area contributed by atoms with Crippen LogP contribution in [0.15, 0.2) is 0 Å². The lowest BCUT2D eigenvalue weighted by Crippen LogP contribution is -2.46. The highest BCUT2D eigenvalue weighted by Gasteiger charge is 2.19. The largest absolute Gasteiger partial charge is 0.469 e. The topological polar surface area (TPSA) is 55.6 Å². The highest BCUT2D eigenvalue weighted by molar-refractivity contribution is 5.69. The number of piperidine rings is 1. The number of carbonyl (C=O) groups excluding carboxylic acids is 1. The Kier molecular flexibility index (Phi) is 4.18. The molecule has 1 aliphatic heterocycles. The van der Waals surface area contributed by atoms with Crippen LogP contribution in [0, 0.1) is 0 Å². The Balaban J connectivity index is 2.28. The molecule has 1 atom stereocenters. The first-order valence-corrected chi connectivity index (χ1v) is 4.80. The molecule has 1 rings (SSSR count). The Morgan fingerprint density at radius 1 is 1.46 bits per heavy atom. The van der Waals surface area contributed by atoms with Gasteiger partial charge in [0.25, 0.3) is 0 Å². The SMILES string of the molecule is COC(=O)C[C@H](N)N1CCCCC1. The monoisotopic (exact) mass is 186 g/mol. The summed E-state index contributed by atoms with van der Waals surface area (Å²) < 4.78 is 4.57. The van der Waals surface area contributed by atoms with Gasteiger partial charge in [0.05, 0.1) is 19.7 Å². The molecule has 4 nitrogen and oxygen atoms in total. The zero-order valence-electron chi connectivity index (χ0n) is 8.16. The van der Waals surface area contributed by atoms with Crippen LogP contribution in [-0.2, 0) is 9.53 Å². The first kappa shape index (κ1) is 10.5. The van der Waals surface area contributed by atoms with Gasteiger partial charge in [0.15, 0.2) is 0 Å². The highest BCUT2D eigenvalue weighted by atomic mass is 16.5. The van der Waals surface area contributed by atoms with Crippen molar-refractivity contribution in [3.63, 3.8) is 0 Å². The van der Waals surface area contributed by atoms with E-state index in [1.165, 1.54) is 26.4 Å². The van der Waals surface area contributed by atoms with Gasteiger partial charge in [-0.25, -0.2) is 0 Å². The molecular formula is C9H18N2O2. The fraction of sp³-hybridized carbons (Fsp3) is 0.889. The van der Waals surface area contributed by atoms with E-state index >= 15 is 0 Å². The second kappa shape index (κ2) is 5.19. The first-order chi connectivity index (χ1) is 6.24. The van der Waals surface area contributed by atoms with Crippen LogP contribution in [0.2, 0.25) is 0 Å².